The minimum absolute atomic E-state index is 0. The van der Waals surface area contributed by atoms with Crippen LogP contribution in [-0.2, 0) is 6.54 Å². The first kappa shape index (κ1) is 21.1. The number of aromatic nitrogens is 2. The Morgan fingerprint density at radius 2 is 1.86 bits per heavy atom. The molecule has 156 valence electrons. The molecular formula is C23H33N5O. The Hall–Kier alpha value is -2.60. The van der Waals surface area contributed by atoms with Gasteiger partial charge in [-0.3, -0.25) is 0 Å². The molecule has 1 saturated carbocycles. The summed E-state index contributed by atoms with van der Waals surface area (Å²) in [6, 6.07) is 10.7. The molecule has 0 spiro atoms. The van der Waals surface area contributed by atoms with Gasteiger partial charge in [0.1, 0.15) is 5.82 Å². The molecule has 29 heavy (non-hydrogen) atoms. The zero-order valence-corrected chi connectivity index (χ0v) is 16.7. The predicted molar refractivity (Wildman–Crippen MR) is 120 cm³/mol. The number of furan rings is 1. The number of hydrogen-bond acceptors (Lipinski definition) is 6. The summed E-state index contributed by atoms with van der Waals surface area (Å²) in [5.41, 5.74) is 2.20. The first-order valence-electron chi connectivity index (χ1n) is 10.1. The molecule has 0 bridgehead atoms. The van der Waals surface area contributed by atoms with Crippen LogP contribution in [0.25, 0.3) is 10.9 Å². The third-order valence-corrected chi connectivity index (χ3v) is 5.53. The van der Waals surface area contributed by atoms with Gasteiger partial charge in [0.25, 0.3) is 0 Å². The lowest BCUT2D eigenvalue weighted by Gasteiger charge is -2.29. The van der Waals surface area contributed by atoms with Crippen molar-refractivity contribution in [3.8, 4) is 0 Å². The van der Waals surface area contributed by atoms with Gasteiger partial charge in [0.15, 0.2) is 0 Å². The van der Waals surface area contributed by atoms with Gasteiger partial charge >= 0.3 is 0 Å². The Balaban J connectivity index is 0.00000240. The van der Waals surface area contributed by atoms with Crippen molar-refractivity contribution >= 4 is 22.7 Å². The summed E-state index contributed by atoms with van der Waals surface area (Å²) in [6.45, 7) is 1.95. The van der Waals surface area contributed by atoms with Crippen molar-refractivity contribution in [3.05, 3.63) is 48.4 Å². The first-order chi connectivity index (χ1) is 13.7. The second-order valence-corrected chi connectivity index (χ2v) is 7.91. The van der Waals surface area contributed by atoms with Crippen LogP contribution in [0, 0.1) is 5.92 Å². The third-order valence-electron chi connectivity index (χ3n) is 5.53. The monoisotopic (exact) mass is 395 g/mol. The van der Waals surface area contributed by atoms with Gasteiger partial charge in [-0.05, 0) is 56.3 Å². The molecule has 2 N–H and O–H groups in total. The van der Waals surface area contributed by atoms with Crippen molar-refractivity contribution in [1.29, 1.82) is 0 Å². The van der Waals surface area contributed by atoms with E-state index in [2.05, 4.69) is 27.7 Å². The highest BCUT2D eigenvalue weighted by Crippen LogP contribution is 2.28. The molecule has 6 heteroatoms. The SMILES string of the molecule is C.CN(C)c1nc(NC2CCC(CNCc3ccoc3)CC2)nc2ccccc12. The van der Waals surface area contributed by atoms with Crippen LogP contribution in [0.2, 0.25) is 0 Å². The van der Waals surface area contributed by atoms with E-state index in [0.29, 0.717) is 6.04 Å². The smallest absolute Gasteiger partial charge is 0.225 e. The van der Waals surface area contributed by atoms with Gasteiger partial charge in [0.2, 0.25) is 5.95 Å². The van der Waals surface area contributed by atoms with Crippen LogP contribution < -0.4 is 15.5 Å². The Morgan fingerprint density at radius 1 is 1.07 bits per heavy atom. The maximum atomic E-state index is 5.11. The van der Waals surface area contributed by atoms with Gasteiger partial charge in [0, 0.05) is 37.6 Å². The van der Waals surface area contributed by atoms with Crippen LogP contribution in [0.5, 0.6) is 0 Å². The molecule has 1 aromatic carbocycles. The van der Waals surface area contributed by atoms with Gasteiger partial charge < -0.3 is 20.0 Å². The molecule has 0 atom stereocenters. The summed E-state index contributed by atoms with van der Waals surface area (Å²) in [6.07, 6.45) is 8.30. The van der Waals surface area contributed by atoms with Gasteiger partial charge in [-0.2, -0.15) is 4.98 Å². The van der Waals surface area contributed by atoms with Gasteiger partial charge in [-0.1, -0.05) is 19.6 Å². The largest absolute Gasteiger partial charge is 0.472 e. The second-order valence-electron chi connectivity index (χ2n) is 7.91. The second kappa shape index (κ2) is 9.74. The highest BCUT2D eigenvalue weighted by atomic mass is 16.3. The fourth-order valence-corrected chi connectivity index (χ4v) is 3.97. The minimum Gasteiger partial charge on any atom is -0.472 e. The van der Waals surface area contributed by atoms with Crippen molar-refractivity contribution in [1.82, 2.24) is 15.3 Å². The molecule has 0 radical (unpaired) electrons. The Bertz CT molecular complexity index is 885. The van der Waals surface area contributed by atoms with Gasteiger partial charge in [0.05, 0.1) is 18.0 Å². The van der Waals surface area contributed by atoms with E-state index in [-0.39, 0.29) is 7.43 Å². The zero-order chi connectivity index (χ0) is 19.3. The molecule has 4 rings (SSSR count). The molecule has 1 aliphatic rings. The normalized spacial score (nSPS) is 19.0. The van der Waals surface area contributed by atoms with Crippen LogP contribution in [-0.4, -0.2) is 36.6 Å². The van der Waals surface area contributed by atoms with Crippen molar-refractivity contribution in [2.75, 3.05) is 30.9 Å². The summed E-state index contributed by atoms with van der Waals surface area (Å²) in [5, 5.41) is 8.23. The number of para-hydroxylation sites is 1. The fraction of sp³-hybridized carbons (Fsp3) is 0.478. The lowest BCUT2D eigenvalue weighted by molar-refractivity contribution is 0.323. The molecule has 3 aromatic rings. The third kappa shape index (κ3) is 5.26. The van der Waals surface area contributed by atoms with Crippen LogP contribution in [0.3, 0.4) is 0 Å². The number of nitrogens with one attached hydrogen (secondary N) is 2. The first-order valence-corrected chi connectivity index (χ1v) is 10.1. The Morgan fingerprint density at radius 3 is 2.59 bits per heavy atom. The molecule has 0 amide bonds. The van der Waals surface area contributed by atoms with E-state index in [1.807, 2.05) is 32.3 Å². The maximum Gasteiger partial charge on any atom is 0.225 e. The topological polar surface area (TPSA) is 66.2 Å². The van der Waals surface area contributed by atoms with E-state index in [1.165, 1.54) is 18.4 Å². The summed E-state index contributed by atoms with van der Waals surface area (Å²) >= 11 is 0. The minimum atomic E-state index is 0. The van der Waals surface area contributed by atoms with E-state index in [1.54, 1.807) is 12.5 Å². The molecular weight excluding hydrogens is 362 g/mol. The zero-order valence-electron chi connectivity index (χ0n) is 16.7. The summed E-state index contributed by atoms with van der Waals surface area (Å²) in [7, 11) is 4.06. The number of fused-ring (bicyclic) bond motifs is 1. The average molecular weight is 396 g/mol. The fourth-order valence-electron chi connectivity index (χ4n) is 3.97. The molecule has 2 aromatic heterocycles. The van der Waals surface area contributed by atoms with Crippen LogP contribution in [0.1, 0.15) is 38.7 Å². The van der Waals surface area contributed by atoms with Crippen LogP contribution >= 0.6 is 0 Å². The van der Waals surface area contributed by atoms with Crippen molar-refractivity contribution < 1.29 is 4.42 Å². The van der Waals surface area contributed by atoms with Crippen LogP contribution in [0.15, 0.2) is 47.3 Å². The molecule has 0 saturated heterocycles. The molecule has 6 nitrogen and oxygen atoms in total. The summed E-state index contributed by atoms with van der Waals surface area (Å²) < 4.78 is 5.11. The Labute approximate surface area is 173 Å². The Kier molecular flexibility index (Phi) is 7.09. The van der Waals surface area contributed by atoms with Gasteiger partial charge in [-0.25, -0.2) is 4.98 Å². The summed E-state index contributed by atoms with van der Waals surface area (Å²) in [5.74, 6) is 2.44. The average Bonchev–Trinajstić information content (AvgIpc) is 3.22. The molecule has 1 aliphatic carbocycles. The number of rotatable bonds is 7. The van der Waals surface area contributed by atoms with E-state index < -0.39 is 0 Å². The van der Waals surface area contributed by atoms with Crippen LogP contribution in [0.4, 0.5) is 11.8 Å². The maximum absolute atomic E-state index is 5.11. The predicted octanol–water partition coefficient (Wildman–Crippen LogP) is 4.69. The molecule has 2 heterocycles. The number of benzene rings is 1. The standard InChI is InChI=1S/C22H29N5O.CH4/c1-27(2)21-19-5-3-4-6-20(19)25-22(26-21)24-18-9-7-16(8-10-18)13-23-14-17-11-12-28-15-17;/h3-6,11-12,15-16,18,23H,7-10,13-14H2,1-2H3,(H,24,25,26);1H4. The highest BCUT2D eigenvalue weighted by Gasteiger charge is 2.22. The van der Waals surface area contributed by atoms with Crippen molar-refractivity contribution in [3.63, 3.8) is 0 Å². The van der Waals surface area contributed by atoms with E-state index >= 15 is 0 Å². The van der Waals surface area contributed by atoms with E-state index in [4.69, 9.17) is 14.4 Å². The number of anilines is 2. The van der Waals surface area contributed by atoms with E-state index in [0.717, 1.165) is 54.5 Å². The van der Waals surface area contributed by atoms with Crippen molar-refractivity contribution in [2.24, 2.45) is 5.92 Å². The highest BCUT2D eigenvalue weighted by molar-refractivity contribution is 5.90. The summed E-state index contributed by atoms with van der Waals surface area (Å²) in [4.78, 5) is 11.6. The van der Waals surface area contributed by atoms with E-state index in [9.17, 15) is 0 Å². The molecule has 0 aliphatic heterocycles. The van der Waals surface area contributed by atoms with Gasteiger partial charge in [-0.15, -0.1) is 0 Å². The van der Waals surface area contributed by atoms with Crippen molar-refractivity contribution in [2.45, 2.75) is 45.7 Å². The lowest BCUT2D eigenvalue weighted by atomic mass is 9.86. The number of hydrogen-bond donors (Lipinski definition) is 2. The molecule has 0 unspecified atom stereocenters. The number of nitrogens with zero attached hydrogens (tertiary/aromatic N) is 3. The lowest BCUT2D eigenvalue weighted by Crippen LogP contribution is -2.31. The molecule has 1 fully saturated rings. The quantitative estimate of drug-likeness (QED) is 0.605.